The van der Waals surface area contributed by atoms with Crippen molar-refractivity contribution in [3.05, 3.63) is 34.9 Å². The first kappa shape index (κ1) is 22.4. The molecular weight excluding hydrogens is 425 g/mol. The number of hydrogen-bond donors (Lipinski definition) is 2. The van der Waals surface area contributed by atoms with Crippen LogP contribution in [0.15, 0.2) is 24.3 Å². The Bertz CT molecular complexity index is 827. The number of likely N-dealkylation sites (tertiary alicyclic amines) is 1. The van der Waals surface area contributed by atoms with Gasteiger partial charge in [0.25, 0.3) is 0 Å². The Morgan fingerprint density at radius 1 is 1.23 bits per heavy atom. The third-order valence-corrected chi connectivity index (χ3v) is 6.02. The van der Waals surface area contributed by atoms with Crippen molar-refractivity contribution in [1.29, 1.82) is 0 Å². The normalized spacial score (nSPS) is 23.6. The van der Waals surface area contributed by atoms with Crippen LogP contribution in [0.1, 0.15) is 37.7 Å². The number of benzene rings is 1. The molecule has 3 amide bonds. The number of urea groups is 1. The van der Waals surface area contributed by atoms with E-state index in [1.165, 1.54) is 0 Å². The van der Waals surface area contributed by atoms with Crippen LogP contribution in [0.3, 0.4) is 0 Å². The molecule has 3 atom stereocenters. The molecule has 0 bridgehead atoms. The van der Waals surface area contributed by atoms with E-state index in [1.54, 1.807) is 24.3 Å². The third kappa shape index (κ3) is 4.71. The molecule has 164 valence electrons. The first-order chi connectivity index (χ1) is 14.1. The number of nitrogens with one attached hydrogen (secondary N) is 1. The first-order valence-electron chi connectivity index (χ1n) is 9.77. The van der Waals surface area contributed by atoms with E-state index in [2.05, 4.69) is 0 Å². The Hall–Kier alpha value is -2.29. The maximum absolute atomic E-state index is 13.6. The van der Waals surface area contributed by atoms with Gasteiger partial charge in [-0.05, 0) is 42.9 Å². The molecule has 0 radical (unpaired) electrons. The molecule has 0 unspecified atom stereocenters. The maximum atomic E-state index is 13.6. The molecule has 10 heteroatoms. The molecule has 1 aliphatic heterocycles. The van der Waals surface area contributed by atoms with Gasteiger partial charge in [-0.3, -0.25) is 4.79 Å². The molecule has 0 aromatic heterocycles. The number of aliphatic carboxylic acids is 1. The smallest absolute Gasteiger partial charge is 0.408 e. The molecule has 1 aliphatic carbocycles. The summed E-state index contributed by atoms with van der Waals surface area (Å²) in [5, 5.41) is 11.8. The second kappa shape index (κ2) is 8.83. The van der Waals surface area contributed by atoms with Gasteiger partial charge in [0.2, 0.25) is 5.91 Å². The van der Waals surface area contributed by atoms with Crippen LogP contribution < -0.4 is 5.32 Å². The average Bonchev–Trinajstić information content (AvgIpc) is 2.67. The molecule has 1 aromatic rings. The first-order valence-corrected chi connectivity index (χ1v) is 10.1. The fourth-order valence-corrected chi connectivity index (χ4v) is 4.52. The number of nitrogens with zero attached hydrogens (tertiary/aromatic N) is 1. The summed E-state index contributed by atoms with van der Waals surface area (Å²) in [6.07, 6.45) is -1.93. The van der Waals surface area contributed by atoms with Crippen molar-refractivity contribution in [2.24, 2.45) is 11.8 Å². The van der Waals surface area contributed by atoms with Gasteiger partial charge in [0.1, 0.15) is 6.04 Å². The van der Waals surface area contributed by atoms with Crippen molar-refractivity contribution in [1.82, 2.24) is 10.2 Å². The molecule has 2 aliphatic rings. The van der Waals surface area contributed by atoms with Gasteiger partial charge in [-0.25, -0.2) is 14.5 Å². The van der Waals surface area contributed by atoms with Gasteiger partial charge in [0.15, 0.2) is 6.04 Å². The van der Waals surface area contributed by atoms with Crippen molar-refractivity contribution >= 4 is 29.5 Å². The number of imide groups is 1. The van der Waals surface area contributed by atoms with Crippen LogP contribution in [0.2, 0.25) is 5.02 Å². The Morgan fingerprint density at radius 3 is 2.47 bits per heavy atom. The van der Waals surface area contributed by atoms with E-state index in [1.807, 2.05) is 5.32 Å². The van der Waals surface area contributed by atoms with E-state index < -0.39 is 48.0 Å². The number of carbonyl (C=O) groups excluding carboxylic acids is 2. The number of carboxylic acids is 1. The lowest BCUT2D eigenvalue weighted by Gasteiger charge is -2.44. The highest BCUT2D eigenvalue weighted by molar-refractivity contribution is 6.30. The molecular formula is C20H22ClF3N2O4. The zero-order chi connectivity index (χ0) is 22.1. The molecule has 3 rings (SSSR count). The molecule has 6 nitrogen and oxygen atoms in total. The van der Waals surface area contributed by atoms with Crippen molar-refractivity contribution in [3.8, 4) is 0 Å². The monoisotopic (exact) mass is 446 g/mol. The van der Waals surface area contributed by atoms with E-state index in [9.17, 15) is 32.7 Å². The van der Waals surface area contributed by atoms with Crippen LogP contribution in [0.4, 0.5) is 18.0 Å². The number of amides is 3. The summed E-state index contributed by atoms with van der Waals surface area (Å²) in [7, 11) is 0. The molecule has 2 fully saturated rings. The molecule has 30 heavy (non-hydrogen) atoms. The molecule has 1 aromatic carbocycles. The Balaban J connectivity index is 1.74. The summed E-state index contributed by atoms with van der Waals surface area (Å²) in [6, 6.07) is 1.52. The summed E-state index contributed by atoms with van der Waals surface area (Å²) in [5.41, 5.74) is 0.600. The number of carboxylic acid groups (broad SMARTS) is 1. The summed E-state index contributed by atoms with van der Waals surface area (Å²) in [4.78, 5) is 37.1. The predicted octanol–water partition coefficient (Wildman–Crippen LogP) is 4.01. The van der Waals surface area contributed by atoms with Gasteiger partial charge < -0.3 is 10.4 Å². The zero-order valence-corrected chi connectivity index (χ0v) is 16.7. The Kier molecular flexibility index (Phi) is 6.59. The van der Waals surface area contributed by atoms with E-state index in [4.69, 9.17) is 11.6 Å². The van der Waals surface area contributed by atoms with Crippen LogP contribution >= 0.6 is 11.6 Å². The van der Waals surface area contributed by atoms with Gasteiger partial charge in [-0.2, -0.15) is 13.2 Å². The number of alkyl halides is 3. The summed E-state index contributed by atoms with van der Waals surface area (Å²) < 4.78 is 40.7. The molecule has 2 N–H and O–H groups in total. The fraction of sp³-hybridized carbons (Fsp3) is 0.550. The van der Waals surface area contributed by atoms with Crippen molar-refractivity contribution in [2.75, 3.05) is 0 Å². The van der Waals surface area contributed by atoms with E-state index >= 15 is 0 Å². The molecule has 1 saturated carbocycles. The Morgan fingerprint density at radius 2 is 1.90 bits per heavy atom. The molecule has 1 saturated heterocycles. The van der Waals surface area contributed by atoms with Gasteiger partial charge >= 0.3 is 18.2 Å². The standard InChI is InChI=1S/C20H22ClF3N2O4/c21-13-8-4-5-11(9-13)10-14-15(18(28)29)26(17(14)27)19(30)25-16(20(22,23)24)12-6-2-1-3-7-12/h4-5,8-9,12,14-16H,1-3,6-7,10H2,(H,25,30)(H,28,29)/t14-,15+,16+/m1/s1. The highest BCUT2D eigenvalue weighted by Crippen LogP contribution is 2.36. The molecule has 1 heterocycles. The van der Waals surface area contributed by atoms with Crippen LogP contribution in [-0.4, -0.2) is 46.2 Å². The minimum atomic E-state index is -4.69. The summed E-state index contributed by atoms with van der Waals surface area (Å²) >= 11 is 5.90. The highest BCUT2D eigenvalue weighted by Gasteiger charge is 2.56. The predicted molar refractivity (Wildman–Crippen MR) is 102 cm³/mol. The van der Waals surface area contributed by atoms with Gasteiger partial charge in [-0.1, -0.05) is 43.0 Å². The largest absolute Gasteiger partial charge is 0.480 e. The highest BCUT2D eigenvalue weighted by atomic mass is 35.5. The van der Waals surface area contributed by atoms with Crippen molar-refractivity contribution in [2.45, 2.75) is 56.8 Å². The lowest BCUT2D eigenvalue weighted by Crippen LogP contribution is -2.70. The number of carbonyl (C=O) groups is 3. The van der Waals surface area contributed by atoms with E-state index in [0.29, 0.717) is 41.2 Å². The lowest BCUT2D eigenvalue weighted by molar-refractivity contribution is -0.172. The van der Waals surface area contributed by atoms with Crippen LogP contribution in [0.5, 0.6) is 0 Å². The number of β-lactam (4-membered cyclic amide) rings is 1. The van der Waals surface area contributed by atoms with Crippen molar-refractivity contribution in [3.63, 3.8) is 0 Å². The fourth-order valence-electron chi connectivity index (χ4n) is 4.31. The third-order valence-electron chi connectivity index (χ3n) is 5.78. The molecule has 0 spiro atoms. The second-order valence-electron chi connectivity index (χ2n) is 7.80. The maximum Gasteiger partial charge on any atom is 0.408 e. The number of hydrogen-bond acceptors (Lipinski definition) is 3. The quantitative estimate of drug-likeness (QED) is 0.669. The number of halogens is 4. The van der Waals surface area contributed by atoms with Crippen molar-refractivity contribution < 1.29 is 32.7 Å². The minimum Gasteiger partial charge on any atom is -0.480 e. The summed E-state index contributed by atoms with van der Waals surface area (Å²) in [6.45, 7) is 0. The van der Waals surface area contributed by atoms with Gasteiger partial charge in [0, 0.05) is 5.02 Å². The lowest BCUT2D eigenvalue weighted by atomic mass is 9.82. The topological polar surface area (TPSA) is 86.7 Å². The SMILES string of the molecule is O=C(O)[C@@H]1[C@@H](Cc2cccc(Cl)c2)C(=O)N1C(=O)N[C@@H](C1CCCCC1)C(F)(F)F. The van der Waals surface area contributed by atoms with E-state index in [-0.39, 0.29) is 6.42 Å². The second-order valence-corrected chi connectivity index (χ2v) is 8.24. The van der Waals surface area contributed by atoms with Crippen LogP contribution in [0, 0.1) is 11.8 Å². The summed E-state index contributed by atoms with van der Waals surface area (Å²) in [5.74, 6) is -4.10. The van der Waals surface area contributed by atoms with Crippen LogP contribution in [-0.2, 0) is 16.0 Å². The van der Waals surface area contributed by atoms with E-state index in [0.717, 1.165) is 6.42 Å². The minimum absolute atomic E-state index is 0.0193. The number of rotatable bonds is 5. The average molecular weight is 447 g/mol. The zero-order valence-electron chi connectivity index (χ0n) is 16.0. The van der Waals surface area contributed by atoms with Gasteiger partial charge in [-0.15, -0.1) is 0 Å². The van der Waals surface area contributed by atoms with Gasteiger partial charge in [0.05, 0.1) is 5.92 Å². The van der Waals surface area contributed by atoms with Crippen LogP contribution in [0.25, 0.3) is 0 Å². The Labute approximate surface area is 176 Å².